The zero-order valence-electron chi connectivity index (χ0n) is 17.6. The number of esters is 1. The normalized spacial score (nSPS) is 10.7. The Labute approximate surface area is 182 Å². The van der Waals surface area contributed by atoms with Crippen LogP contribution in [0.25, 0.3) is 11.6 Å². The monoisotopic (exact) mass is 433 g/mol. The molecule has 3 heterocycles. The number of benzene rings is 1. The summed E-state index contributed by atoms with van der Waals surface area (Å²) in [6.45, 7) is 5.00. The number of aryl methyl sites for hydroxylation is 3. The van der Waals surface area contributed by atoms with Gasteiger partial charge < -0.3 is 10.1 Å². The summed E-state index contributed by atoms with van der Waals surface area (Å²) < 4.78 is 7.99. The van der Waals surface area contributed by atoms with Crippen molar-refractivity contribution >= 4 is 17.7 Å². The second-order valence-electron chi connectivity index (χ2n) is 6.96. The third kappa shape index (κ3) is 4.64. The lowest BCUT2D eigenvalue weighted by molar-refractivity contribution is -0.119. The zero-order valence-corrected chi connectivity index (χ0v) is 17.6. The fourth-order valence-corrected chi connectivity index (χ4v) is 2.99. The zero-order chi connectivity index (χ0) is 22.7. The van der Waals surface area contributed by atoms with Gasteiger partial charge in [-0.3, -0.25) is 4.79 Å². The molecule has 0 saturated heterocycles. The van der Waals surface area contributed by atoms with Gasteiger partial charge in [0.1, 0.15) is 12.1 Å². The van der Waals surface area contributed by atoms with Crippen molar-refractivity contribution in [3.8, 4) is 11.6 Å². The second kappa shape index (κ2) is 8.71. The maximum atomic E-state index is 12.4. The molecule has 0 atom stereocenters. The van der Waals surface area contributed by atoms with Gasteiger partial charge in [0.15, 0.2) is 6.61 Å². The average Bonchev–Trinajstić information content (AvgIpc) is 3.41. The van der Waals surface area contributed by atoms with E-state index in [1.807, 2.05) is 19.9 Å². The smallest absolute Gasteiger partial charge is 0.338 e. The Morgan fingerprint density at radius 2 is 1.81 bits per heavy atom. The van der Waals surface area contributed by atoms with Gasteiger partial charge in [0.05, 0.1) is 16.9 Å². The number of tetrazole rings is 1. The van der Waals surface area contributed by atoms with Gasteiger partial charge in [-0.2, -0.15) is 9.78 Å². The number of hydrogen-bond donors (Lipinski definition) is 1. The number of anilines is 1. The number of aromatic nitrogens is 8. The molecule has 0 spiro atoms. The van der Waals surface area contributed by atoms with Crippen molar-refractivity contribution in [1.29, 1.82) is 0 Å². The Morgan fingerprint density at radius 1 is 1.03 bits per heavy atom. The molecule has 12 nitrogen and oxygen atoms in total. The van der Waals surface area contributed by atoms with Gasteiger partial charge >= 0.3 is 5.97 Å². The second-order valence-corrected chi connectivity index (χ2v) is 6.96. The number of carbonyl (C=O) groups is 2. The lowest BCUT2D eigenvalue weighted by Gasteiger charge is -2.09. The molecule has 0 aliphatic carbocycles. The van der Waals surface area contributed by atoms with Crippen LogP contribution in [0.5, 0.6) is 0 Å². The molecule has 1 N–H and O–H groups in total. The van der Waals surface area contributed by atoms with Gasteiger partial charge in [0.2, 0.25) is 0 Å². The summed E-state index contributed by atoms with van der Waals surface area (Å²) in [4.78, 5) is 33.5. The first-order valence-corrected chi connectivity index (χ1v) is 9.59. The highest BCUT2D eigenvalue weighted by Gasteiger charge is 2.16. The summed E-state index contributed by atoms with van der Waals surface area (Å²) in [6.07, 6.45) is 1.41. The minimum absolute atomic E-state index is 0.260. The largest absolute Gasteiger partial charge is 0.452 e. The molecule has 1 aromatic carbocycles. The van der Waals surface area contributed by atoms with E-state index >= 15 is 0 Å². The van der Waals surface area contributed by atoms with Crippen LogP contribution in [0.2, 0.25) is 0 Å². The molecule has 0 bridgehead atoms. The van der Waals surface area contributed by atoms with E-state index < -0.39 is 18.5 Å². The minimum Gasteiger partial charge on any atom is -0.452 e. The first-order chi connectivity index (χ1) is 15.4. The number of amides is 1. The molecule has 0 fully saturated rings. The molecule has 0 aliphatic heterocycles. The van der Waals surface area contributed by atoms with Crippen LogP contribution in [0.1, 0.15) is 27.4 Å². The average molecular weight is 433 g/mol. The van der Waals surface area contributed by atoms with Crippen LogP contribution in [0.15, 0.2) is 42.7 Å². The Bertz CT molecular complexity index is 1260. The highest BCUT2D eigenvalue weighted by Crippen LogP contribution is 2.15. The molecular weight excluding hydrogens is 414 g/mol. The van der Waals surface area contributed by atoms with Crippen LogP contribution in [-0.2, 0) is 9.53 Å². The predicted octanol–water partition coefficient (Wildman–Crippen LogP) is 1.36. The molecule has 32 heavy (non-hydrogen) atoms. The molecule has 3 aromatic heterocycles. The number of nitrogens with zero attached hydrogens (tertiary/aromatic N) is 8. The maximum absolute atomic E-state index is 12.4. The molecule has 162 valence electrons. The van der Waals surface area contributed by atoms with Crippen molar-refractivity contribution < 1.29 is 14.3 Å². The molecule has 1 amide bonds. The van der Waals surface area contributed by atoms with Gasteiger partial charge in [-0.05, 0) is 55.5 Å². The molecule has 4 aromatic rings. The molecule has 0 aliphatic rings. The van der Waals surface area contributed by atoms with Gasteiger partial charge in [-0.1, -0.05) is 6.07 Å². The van der Waals surface area contributed by atoms with Crippen LogP contribution >= 0.6 is 0 Å². The quantitative estimate of drug-likeness (QED) is 0.446. The molecule has 0 radical (unpaired) electrons. The van der Waals surface area contributed by atoms with Crippen LogP contribution in [-0.4, -0.2) is 58.4 Å². The van der Waals surface area contributed by atoms with E-state index in [1.165, 1.54) is 15.7 Å². The van der Waals surface area contributed by atoms with Crippen LogP contribution < -0.4 is 5.32 Å². The lowest BCUT2D eigenvalue weighted by Crippen LogP contribution is -2.23. The molecule has 12 heteroatoms. The van der Waals surface area contributed by atoms with E-state index in [0.29, 0.717) is 23.1 Å². The predicted molar refractivity (Wildman–Crippen MR) is 111 cm³/mol. The maximum Gasteiger partial charge on any atom is 0.338 e. The SMILES string of the molecule is Cc1cc(C)nc(-n2nc(C)cc2NC(=O)COC(=O)c2cccc(-n3cnnn3)c2)n1. The van der Waals surface area contributed by atoms with E-state index in [4.69, 9.17) is 4.74 Å². The number of ether oxygens (including phenoxy) is 1. The summed E-state index contributed by atoms with van der Waals surface area (Å²) in [6, 6.07) is 10.1. The van der Waals surface area contributed by atoms with Crippen LogP contribution in [0.4, 0.5) is 5.82 Å². The summed E-state index contributed by atoms with van der Waals surface area (Å²) in [5, 5.41) is 17.9. The van der Waals surface area contributed by atoms with Crippen molar-refractivity contribution in [1.82, 2.24) is 40.0 Å². The number of hydrogen-bond acceptors (Lipinski definition) is 9. The lowest BCUT2D eigenvalue weighted by atomic mass is 10.2. The van der Waals surface area contributed by atoms with Crippen LogP contribution in [0.3, 0.4) is 0 Å². The van der Waals surface area contributed by atoms with E-state index in [1.54, 1.807) is 37.3 Å². The van der Waals surface area contributed by atoms with E-state index in [0.717, 1.165) is 11.4 Å². The van der Waals surface area contributed by atoms with E-state index in [-0.39, 0.29) is 5.56 Å². The van der Waals surface area contributed by atoms with Crippen LogP contribution in [0, 0.1) is 20.8 Å². The molecule has 0 saturated carbocycles. The Balaban J connectivity index is 1.43. The number of nitrogens with one attached hydrogen (secondary N) is 1. The van der Waals surface area contributed by atoms with Crippen molar-refractivity contribution in [2.75, 3.05) is 11.9 Å². The Hall–Kier alpha value is -4.48. The number of carbonyl (C=O) groups excluding carboxylic acids is 2. The summed E-state index contributed by atoms with van der Waals surface area (Å²) in [5.41, 5.74) is 3.06. The van der Waals surface area contributed by atoms with Gasteiger partial charge in [0.25, 0.3) is 11.9 Å². The van der Waals surface area contributed by atoms with Crippen molar-refractivity contribution in [3.63, 3.8) is 0 Å². The summed E-state index contributed by atoms with van der Waals surface area (Å²) in [7, 11) is 0. The van der Waals surface area contributed by atoms with Crippen molar-refractivity contribution in [3.05, 3.63) is 65.4 Å². The topological polar surface area (TPSA) is 143 Å². The highest BCUT2D eigenvalue weighted by atomic mass is 16.5. The fourth-order valence-electron chi connectivity index (χ4n) is 2.99. The molecular formula is C20H19N9O3. The Morgan fingerprint density at radius 3 is 2.53 bits per heavy atom. The first-order valence-electron chi connectivity index (χ1n) is 9.59. The van der Waals surface area contributed by atoms with E-state index in [2.05, 4.69) is 35.9 Å². The summed E-state index contributed by atoms with van der Waals surface area (Å²) in [5.74, 6) is -0.477. The summed E-state index contributed by atoms with van der Waals surface area (Å²) >= 11 is 0. The Kier molecular flexibility index (Phi) is 5.66. The standard InChI is InChI=1S/C20H19N9O3/c1-12-7-13(2)23-20(22-12)29-17(8-14(3)25-29)24-18(30)10-32-19(31)15-5-4-6-16(9-15)28-11-21-26-27-28/h4-9,11H,10H2,1-3H3,(H,24,30). The number of rotatable bonds is 6. The first kappa shape index (κ1) is 20.8. The van der Waals surface area contributed by atoms with Crippen molar-refractivity contribution in [2.24, 2.45) is 0 Å². The van der Waals surface area contributed by atoms with E-state index in [9.17, 15) is 9.59 Å². The van der Waals surface area contributed by atoms with Gasteiger partial charge in [-0.15, -0.1) is 5.10 Å². The highest BCUT2D eigenvalue weighted by molar-refractivity contribution is 5.95. The fraction of sp³-hybridized carbons (Fsp3) is 0.200. The third-order valence-electron chi connectivity index (χ3n) is 4.29. The van der Waals surface area contributed by atoms with Gasteiger partial charge in [-0.25, -0.2) is 19.4 Å². The minimum atomic E-state index is -0.655. The molecule has 0 unspecified atom stereocenters. The van der Waals surface area contributed by atoms with Gasteiger partial charge in [0, 0.05) is 17.5 Å². The molecule has 4 rings (SSSR count). The third-order valence-corrected chi connectivity index (χ3v) is 4.29. The van der Waals surface area contributed by atoms with Crippen molar-refractivity contribution in [2.45, 2.75) is 20.8 Å².